The monoisotopic (exact) mass is 478 g/mol. The summed E-state index contributed by atoms with van der Waals surface area (Å²) in [6, 6.07) is 16.9. The van der Waals surface area contributed by atoms with Gasteiger partial charge in [0, 0.05) is 30.1 Å². The average molecular weight is 479 g/mol. The third kappa shape index (κ3) is 4.27. The van der Waals surface area contributed by atoms with E-state index < -0.39 is 0 Å². The van der Waals surface area contributed by atoms with Gasteiger partial charge in [0.1, 0.15) is 17.1 Å². The number of anilines is 1. The number of hydrogen-bond acceptors (Lipinski definition) is 7. The zero-order valence-corrected chi connectivity index (χ0v) is 19.9. The van der Waals surface area contributed by atoms with Gasteiger partial charge >= 0.3 is 0 Å². The van der Waals surface area contributed by atoms with Gasteiger partial charge in [0.05, 0.1) is 44.0 Å². The van der Waals surface area contributed by atoms with Crippen LogP contribution in [0.1, 0.15) is 27.0 Å². The Labute approximate surface area is 201 Å². The largest absolute Gasteiger partial charge is 0.497 e. The minimum Gasteiger partial charge on any atom is -0.497 e. The number of thiophene rings is 1. The smallest absolute Gasteiger partial charge is 0.265 e. The van der Waals surface area contributed by atoms with E-state index in [2.05, 4.69) is 10.2 Å². The molecular formula is C26H26N2O5S. The van der Waals surface area contributed by atoms with Gasteiger partial charge in [-0.3, -0.25) is 9.69 Å². The Morgan fingerprint density at radius 3 is 2.62 bits per heavy atom. The van der Waals surface area contributed by atoms with E-state index in [-0.39, 0.29) is 11.9 Å². The molecule has 1 fully saturated rings. The van der Waals surface area contributed by atoms with Crippen molar-refractivity contribution in [3.63, 3.8) is 0 Å². The maximum Gasteiger partial charge on any atom is 0.265 e. The molecular weight excluding hydrogens is 452 g/mol. The number of carbonyl (C=O) groups is 1. The van der Waals surface area contributed by atoms with Gasteiger partial charge in [-0.2, -0.15) is 0 Å². The first kappa shape index (κ1) is 22.5. The second kappa shape index (κ2) is 9.89. The maximum atomic E-state index is 13.1. The average Bonchev–Trinajstić information content (AvgIpc) is 3.54. The Bertz CT molecular complexity index is 1280. The molecule has 1 unspecified atom stereocenters. The van der Waals surface area contributed by atoms with Crippen molar-refractivity contribution in [2.75, 3.05) is 45.8 Å². The summed E-state index contributed by atoms with van der Waals surface area (Å²) >= 11 is 1.40. The van der Waals surface area contributed by atoms with Crippen molar-refractivity contribution in [1.82, 2.24) is 4.90 Å². The van der Waals surface area contributed by atoms with E-state index >= 15 is 0 Å². The van der Waals surface area contributed by atoms with Gasteiger partial charge in [-0.05, 0) is 35.7 Å². The van der Waals surface area contributed by atoms with Crippen LogP contribution in [0.15, 0.2) is 64.4 Å². The number of amides is 1. The first-order chi connectivity index (χ1) is 16.7. The molecule has 8 heteroatoms. The third-order valence-corrected chi connectivity index (χ3v) is 6.87. The summed E-state index contributed by atoms with van der Waals surface area (Å²) < 4.78 is 23.3. The number of hydrogen-bond donors (Lipinski definition) is 1. The van der Waals surface area contributed by atoms with Crippen LogP contribution >= 0.6 is 11.3 Å². The van der Waals surface area contributed by atoms with E-state index in [9.17, 15) is 4.79 Å². The van der Waals surface area contributed by atoms with E-state index in [4.69, 9.17) is 18.6 Å². The van der Waals surface area contributed by atoms with E-state index in [0.717, 1.165) is 24.0 Å². The number of benzene rings is 2. The lowest BCUT2D eigenvalue weighted by Crippen LogP contribution is -2.39. The maximum absolute atomic E-state index is 13.1. The molecule has 0 radical (unpaired) electrons. The normalized spacial score (nSPS) is 15.2. The highest BCUT2D eigenvalue weighted by atomic mass is 32.1. The minimum absolute atomic E-state index is 0.162. The predicted octanol–water partition coefficient (Wildman–Crippen LogP) is 5.19. The van der Waals surface area contributed by atoms with Crippen molar-refractivity contribution in [2.24, 2.45) is 0 Å². The molecule has 2 aromatic heterocycles. The van der Waals surface area contributed by atoms with Gasteiger partial charge in [0.2, 0.25) is 0 Å². The van der Waals surface area contributed by atoms with E-state index in [1.165, 1.54) is 11.3 Å². The fourth-order valence-corrected chi connectivity index (χ4v) is 4.97. The van der Waals surface area contributed by atoms with Gasteiger partial charge in [0.15, 0.2) is 5.76 Å². The van der Waals surface area contributed by atoms with Crippen LogP contribution in [0.25, 0.3) is 11.0 Å². The lowest BCUT2D eigenvalue weighted by atomic mass is 9.99. The molecule has 5 rings (SSSR count). The Hall–Kier alpha value is -3.33. The first-order valence-corrected chi connectivity index (χ1v) is 12.0. The number of morpholine rings is 1. The van der Waals surface area contributed by atoms with Gasteiger partial charge in [-0.25, -0.2) is 0 Å². The molecule has 1 amide bonds. The predicted molar refractivity (Wildman–Crippen MR) is 132 cm³/mol. The molecule has 0 bridgehead atoms. The number of nitrogens with one attached hydrogen (secondary N) is 1. The molecule has 176 valence electrons. The Balaban J connectivity index is 1.68. The number of furan rings is 1. The van der Waals surface area contributed by atoms with Crippen LogP contribution in [0.3, 0.4) is 0 Å². The molecule has 1 aliphatic heterocycles. The number of nitrogens with zero attached hydrogens (tertiary/aromatic N) is 1. The van der Waals surface area contributed by atoms with Crippen molar-refractivity contribution in [1.29, 1.82) is 0 Å². The van der Waals surface area contributed by atoms with Crippen LogP contribution in [-0.2, 0) is 4.74 Å². The van der Waals surface area contributed by atoms with Crippen molar-refractivity contribution in [3.05, 3.63) is 76.2 Å². The summed E-state index contributed by atoms with van der Waals surface area (Å²) in [7, 11) is 3.28. The number of methoxy groups -OCH3 is 2. The van der Waals surface area contributed by atoms with Crippen LogP contribution in [-0.4, -0.2) is 51.3 Å². The zero-order chi connectivity index (χ0) is 23.5. The Morgan fingerprint density at radius 2 is 1.88 bits per heavy atom. The summed E-state index contributed by atoms with van der Waals surface area (Å²) in [4.78, 5) is 16.0. The zero-order valence-electron chi connectivity index (χ0n) is 19.1. The number of rotatable bonds is 7. The van der Waals surface area contributed by atoms with Crippen molar-refractivity contribution < 1.29 is 23.4 Å². The molecule has 1 saturated heterocycles. The molecule has 0 spiro atoms. The van der Waals surface area contributed by atoms with Gasteiger partial charge < -0.3 is 23.9 Å². The fourth-order valence-electron chi connectivity index (χ4n) is 4.35. The van der Waals surface area contributed by atoms with Gasteiger partial charge in [-0.15, -0.1) is 11.3 Å². The minimum atomic E-state index is -0.296. The van der Waals surface area contributed by atoms with Crippen molar-refractivity contribution in [2.45, 2.75) is 6.04 Å². The summed E-state index contributed by atoms with van der Waals surface area (Å²) in [6.07, 6.45) is 0. The standard InChI is InChI=1S/C26H26N2O5S/c1-30-17-9-10-19(21(16-17)31-2)24(28-11-13-32-14-12-28)25-23(18-6-3-4-7-20(18)33-25)27-26(29)22-8-5-15-34-22/h3-10,15-16,24H,11-14H2,1-2H3,(H,27,29). The molecule has 4 aromatic rings. The molecule has 3 heterocycles. The van der Waals surface area contributed by atoms with Crippen LogP contribution in [0.2, 0.25) is 0 Å². The van der Waals surface area contributed by atoms with Gasteiger partial charge in [-0.1, -0.05) is 18.2 Å². The van der Waals surface area contributed by atoms with E-state index in [0.29, 0.717) is 46.6 Å². The summed E-state index contributed by atoms with van der Waals surface area (Å²) in [5, 5.41) is 5.89. The number of ether oxygens (including phenoxy) is 3. The quantitative estimate of drug-likeness (QED) is 0.394. The summed E-state index contributed by atoms with van der Waals surface area (Å²) in [5.41, 5.74) is 2.31. The lowest BCUT2D eigenvalue weighted by molar-refractivity contribution is 0.0202. The number of carbonyl (C=O) groups excluding carboxylic acids is 1. The molecule has 1 atom stereocenters. The van der Waals surface area contributed by atoms with E-state index in [1.54, 1.807) is 14.2 Å². The van der Waals surface area contributed by atoms with Crippen LogP contribution in [0.4, 0.5) is 5.69 Å². The molecule has 0 aliphatic carbocycles. The molecule has 0 saturated carbocycles. The Kier molecular flexibility index (Phi) is 6.53. The van der Waals surface area contributed by atoms with Crippen molar-refractivity contribution >= 4 is 33.9 Å². The highest BCUT2D eigenvalue weighted by Gasteiger charge is 2.33. The number of fused-ring (bicyclic) bond motifs is 1. The SMILES string of the molecule is COc1ccc(C(c2oc3ccccc3c2NC(=O)c2cccs2)N2CCOCC2)c(OC)c1. The fraction of sp³-hybridized carbons (Fsp3) is 0.269. The number of para-hydroxylation sites is 1. The van der Waals surface area contributed by atoms with E-state index in [1.807, 2.05) is 60.0 Å². The molecule has 34 heavy (non-hydrogen) atoms. The highest BCUT2D eigenvalue weighted by molar-refractivity contribution is 7.12. The molecule has 1 aliphatic rings. The van der Waals surface area contributed by atoms with Crippen LogP contribution in [0.5, 0.6) is 11.5 Å². The van der Waals surface area contributed by atoms with Gasteiger partial charge in [0.25, 0.3) is 5.91 Å². The second-order valence-electron chi connectivity index (χ2n) is 7.93. The Morgan fingerprint density at radius 1 is 1.06 bits per heavy atom. The summed E-state index contributed by atoms with van der Waals surface area (Å²) in [6.45, 7) is 2.67. The summed E-state index contributed by atoms with van der Waals surface area (Å²) in [5.74, 6) is 1.89. The second-order valence-corrected chi connectivity index (χ2v) is 8.88. The van der Waals surface area contributed by atoms with Crippen LogP contribution < -0.4 is 14.8 Å². The third-order valence-electron chi connectivity index (χ3n) is 6.00. The molecule has 7 nitrogen and oxygen atoms in total. The topological polar surface area (TPSA) is 73.2 Å². The lowest BCUT2D eigenvalue weighted by Gasteiger charge is -2.34. The highest BCUT2D eigenvalue weighted by Crippen LogP contribution is 2.44. The van der Waals surface area contributed by atoms with Crippen LogP contribution in [0, 0.1) is 0 Å². The van der Waals surface area contributed by atoms with Crippen molar-refractivity contribution in [3.8, 4) is 11.5 Å². The molecule has 1 N–H and O–H groups in total. The first-order valence-electron chi connectivity index (χ1n) is 11.1. The molecule has 2 aromatic carbocycles.